The first-order valence-electron chi connectivity index (χ1n) is 9.70. The number of sulfonamides is 1. The van der Waals surface area contributed by atoms with E-state index in [2.05, 4.69) is 10.0 Å². The average Bonchev–Trinajstić information content (AvgIpc) is 2.76. The number of carbonyl (C=O) groups is 1. The van der Waals surface area contributed by atoms with E-state index >= 15 is 0 Å². The molecule has 0 saturated heterocycles. The molecule has 0 saturated carbocycles. The second-order valence-corrected chi connectivity index (χ2v) is 8.79. The second-order valence-electron chi connectivity index (χ2n) is 7.11. The van der Waals surface area contributed by atoms with Gasteiger partial charge < -0.3 is 10.2 Å². The van der Waals surface area contributed by atoms with Gasteiger partial charge in [-0.1, -0.05) is 30.3 Å². The highest BCUT2D eigenvalue weighted by molar-refractivity contribution is 7.92. The van der Waals surface area contributed by atoms with Crippen molar-refractivity contribution in [3.63, 3.8) is 0 Å². The van der Waals surface area contributed by atoms with Crippen LogP contribution in [0.25, 0.3) is 0 Å². The zero-order valence-corrected chi connectivity index (χ0v) is 18.1. The minimum Gasteiger partial charge on any atom is -0.373 e. The van der Waals surface area contributed by atoms with Gasteiger partial charge in [-0.25, -0.2) is 12.8 Å². The summed E-state index contributed by atoms with van der Waals surface area (Å²) < 4.78 is 41.2. The summed E-state index contributed by atoms with van der Waals surface area (Å²) in [6, 6.07) is 19.7. The van der Waals surface area contributed by atoms with Crippen LogP contribution in [0.2, 0.25) is 0 Å². The quantitative estimate of drug-likeness (QED) is 0.557. The van der Waals surface area contributed by atoms with Crippen LogP contribution in [0.1, 0.15) is 15.9 Å². The number of aryl methyl sites for hydroxylation is 1. The third-order valence-electron chi connectivity index (χ3n) is 4.76. The standard InChI is InChI=1S/C23H24FN3O3S/c1-17-11-12-21(16-22(17)24)31(29,30)26-19-8-6-7-18(15-19)23(28)25-13-14-27(2)20-9-4-3-5-10-20/h3-12,15-16,26H,13-14H2,1-2H3,(H,25,28). The van der Waals surface area contributed by atoms with Gasteiger partial charge in [0.15, 0.2) is 0 Å². The summed E-state index contributed by atoms with van der Waals surface area (Å²) in [5.74, 6) is -0.916. The molecular formula is C23H24FN3O3S. The number of hydrogen-bond donors (Lipinski definition) is 2. The van der Waals surface area contributed by atoms with Gasteiger partial charge in [-0.05, 0) is 55.0 Å². The highest BCUT2D eigenvalue weighted by atomic mass is 32.2. The van der Waals surface area contributed by atoms with Crippen LogP contribution in [0, 0.1) is 12.7 Å². The third kappa shape index (κ3) is 5.82. The van der Waals surface area contributed by atoms with E-state index in [0.717, 1.165) is 11.8 Å². The highest BCUT2D eigenvalue weighted by Crippen LogP contribution is 2.19. The molecule has 0 unspecified atom stereocenters. The summed E-state index contributed by atoms with van der Waals surface area (Å²) in [4.78, 5) is 14.3. The topological polar surface area (TPSA) is 78.5 Å². The molecule has 3 aromatic carbocycles. The Morgan fingerprint density at radius 1 is 1.00 bits per heavy atom. The molecule has 0 heterocycles. The van der Waals surface area contributed by atoms with Crippen LogP contribution in [-0.2, 0) is 10.0 Å². The van der Waals surface area contributed by atoms with E-state index in [1.54, 1.807) is 19.1 Å². The molecule has 0 spiro atoms. The number of anilines is 2. The van der Waals surface area contributed by atoms with Gasteiger partial charge in [0, 0.05) is 37.1 Å². The van der Waals surface area contributed by atoms with Gasteiger partial charge in [0.25, 0.3) is 15.9 Å². The van der Waals surface area contributed by atoms with Crippen molar-refractivity contribution >= 4 is 27.3 Å². The molecule has 0 bridgehead atoms. The Bertz CT molecular complexity index is 1170. The monoisotopic (exact) mass is 441 g/mol. The van der Waals surface area contributed by atoms with Crippen molar-refractivity contribution in [3.8, 4) is 0 Å². The van der Waals surface area contributed by atoms with Crippen LogP contribution in [-0.4, -0.2) is 34.5 Å². The molecule has 0 aliphatic rings. The van der Waals surface area contributed by atoms with Gasteiger partial charge in [0.2, 0.25) is 0 Å². The van der Waals surface area contributed by atoms with Crippen LogP contribution in [0.15, 0.2) is 77.7 Å². The normalized spacial score (nSPS) is 11.1. The van der Waals surface area contributed by atoms with E-state index < -0.39 is 15.8 Å². The minimum atomic E-state index is -3.98. The Balaban J connectivity index is 1.62. The lowest BCUT2D eigenvalue weighted by atomic mass is 10.2. The number of halogens is 1. The number of amides is 1. The molecule has 3 aromatic rings. The van der Waals surface area contributed by atoms with Crippen molar-refractivity contribution in [2.24, 2.45) is 0 Å². The molecule has 0 atom stereocenters. The van der Waals surface area contributed by atoms with Gasteiger partial charge in [-0.2, -0.15) is 0 Å². The number of nitrogens with one attached hydrogen (secondary N) is 2. The van der Waals surface area contributed by atoms with Crippen molar-refractivity contribution in [2.75, 3.05) is 29.8 Å². The summed E-state index contributed by atoms with van der Waals surface area (Å²) in [6.45, 7) is 2.59. The molecule has 31 heavy (non-hydrogen) atoms. The van der Waals surface area contributed by atoms with Crippen LogP contribution >= 0.6 is 0 Å². The number of hydrogen-bond acceptors (Lipinski definition) is 4. The van der Waals surface area contributed by atoms with Gasteiger partial charge in [-0.15, -0.1) is 0 Å². The lowest BCUT2D eigenvalue weighted by molar-refractivity contribution is 0.0954. The van der Waals surface area contributed by atoms with Crippen LogP contribution in [0.5, 0.6) is 0 Å². The number of carbonyl (C=O) groups excluding carboxylic acids is 1. The van der Waals surface area contributed by atoms with Crippen LogP contribution < -0.4 is 14.9 Å². The summed E-state index contributed by atoms with van der Waals surface area (Å²) in [5, 5.41) is 2.83. The number of benzene rings is 3. The first kappa shape index (κ1) is 22.3. The number of nitrogens with zero attached hydrogens (tertiary/aromatic N) is 1. The first-order chi connectivity index (χ1) is 14.8. The van der Waals surface area contributed by atoms with E-state index in [9.17, 15) is 17.6 Å². The fraction of sp³-hybridized carbons (Fsp3) is 0.174. The fourth-order valence-corrected chi connectivity index (χ4v) is 3.99. The Morgan fingerprint density at radius 3 is 2.45 bits per heavy atom. The maximum atomic E-state index is 13.8. The Labute approximate surface area is 181 Å². The van der Waals surface area contributed by atoms with Crippen LogP contribution in [0.4, 0.5) is 15.8 Å². The SMILES string of the molecule is Cc1ccc(S(=O)(=O)Nc2cccc(C(=O)NCCN(C)c3ccccc3)c2)cc1F. The molecule has 0 radical (unpaired) electrons. The maximum absolute atomic E-state index is 13.8. The molecule has 6 nitrogen and oxygen atoms in total. The molecule has 0 aromatic heterocycles. The van der Waals surface area contributed by atoms with Crippen molar-refractivity contribution in [1.82, 2.24) is 5.32 Å². The molecule has 0 aliphatic heterocycles. The molecular weight excluding hydrogens is 417 g/mol. The van der Waals surface area contributed by atoms with E-state index in [0.29, 0.717) is 24.2 Å². The van der Waals surface area contributed by atoms with Crippen molar-refractivity contribution in [3.05, 3.63) is 89.7 Å². The van der Waals surface area contributed by atoms with E-state index in [1.165, 1.54) is 24.3 Å². The second kappa shape index (κ2) is 9.61. The molecule has 2 N–H and O–H groups in total. The smallest absolute Gasteiger partial charge is 0.261 e. The Kier molecular flexibility index (Phi) is 6.91. The van der Waals surface area contributed by atoms with E-state index in [4.69, 9.17) is 0 Å². The molecule has 8 heteroatoms. The van der Waals surface area contributed by atoms with Crippen molar-refractivity contribution < 1.29 is 17.6 Å². The maximum Gasteiger partial charge on any atom is 0.261 e. The van der Waals surface area contributed by atoms with Gasteiger partial charge in [0.05, 0.1) is 4.90 Å². The van der Waals surface area contributed by atoms with Crippen LogP contribution in [0.3, 0.4) is 0 Å². The lowest BCUT2D eigenvalue weighted by Crippen LogP contribution is -2.33. The summed E-state index contributed by atoms with van der Waals surface area (Å²) in [5.41, 5.74) is 1.93. The van der Waals surface area contributed by atoms with E-state index in [-0.39, 0.29) is 16.5 Å². The largest absolute Gasteiger partial charge is 0.373 e. The number of likely N-dealkylation sites (N-methyl/N-ethyl adjacent to an activating group) is 1. The van der Waals surface area contributed by atoms with Gasteiger partial charge >= 0.3 is 0 Å². The van der Waals surface area contributed by atoms with Gasteiger partial charge in [0.1, 0.15) is 5.82 Å². The number of para-hydroxylation sites is 1. The first-order valence-corrected chi connectivity index (χ1v) is 11.2. The van der Waals surface area contributed by atoms with Gasteiger partial charge in [-0.3, -0.25) is 9.52 Å². The predicted octanol–water partition coefficient (Wildman–Crippen LogP) is 3.80. The number of rotatable bonds is 8. The summed E-state index contributed by atoms with van der Waals surface area (Å²) >= 11 is 0. The lowest BCUT2D eigenvalue weighted by Gasteiger charge is -2.19. The molecule has 1 amide bonds. The Hall–Kier alpha value is -3.39. The predicted molar refractivity (Wildman–Crippen MR) is 120 cm³/mol. The third-order valence-corrected chi connectivity index (χ3v) is 6.14. The van der Waals surface area contributed by atoms with Crippen molar-refractivity contribution in [2.45, 2.75) is 11.8 Å². The molecule has 162 valence electrons. The average molecular weight is 442 g/mol. The Morgan fingerprint density at radius 2 is 1.74 bits per heavy atom. The minimum absolute atomic E-state index is 0.186. The molecule has 0 fully saturated rings. The van der Waals surface area contributed by atoms with E-state index in [1.807, 2.05) is 42.3 Å². The van der Waals surface area contributed by atoms with Crippen molar-refractivity contribution in [1.29, 1.82) is 0 Å². The fourth-order valence-electron chi connectivity index (χ4n) is 2.93. The zero-order chi connectivity index (χ0) is 22.4. The zero-order valence-electron chi connectivity index (χ0n) is 17.3. The molecule has 3 rings (SSSR count). The molecule has 0 aliphatic carbocycles. The summed E-state index contributed by atoms with van der Waals surface area (Å²) in [6.07, 6.45) is 0. The summed E-state index contributed by atoms with van der Waals surface area (Å²) in [7, 11) is -2.05. The highest BCUT2D eigenvalue weighted by Gasteiger charge is 2.16.